The predicted molar refractivity (Wildman–Crippen MR) is 63.9 cm³/mol. The van der Waals surface area contributed by atoms with Crippen LogP contribution in [0.3, 0.4) is 0 Å². The Morgan fingerprint density at radius 1 is 1.56 bits per heavy atom. The van der Waals surface area contributed by atoms with E-state index in [-0.39, 0.29) is 12.5 Å². The van der Waals surface area contributed by atoms with Gasteiger partial charge < -0.3 is 15.2 Å². The number of hydrogen-bond donors (Lipinski definition) is 2. The van der Waals surface area contributed by atoms with E-state index >= 15 is 0 Å². The van der Waals surface area contributed by atoms with Crippen molar-refractivity contribution >= 4 is 17.2 Å². The summed E-state index contributed by atoms with van der Waals surface area (Å²) >= 11 is 1.46. The lowest BCUT2D eigenvalue weighted by Crippen LogP contribution is -2.27. The molecule has 0 fully saturated rings. The van der Waals surface area contributed by atoms with Crippen molar-refractivity contribution in [3.8, 4) is 0 Å². The summed E-state index contributed by atoms with van der Waals surface area (Å²) in [5.74, 6) is -0.0422. The number of aliphatic hydroxyl groups excluding tert-OH is 1. The number of rotatable bonds is 7. The van der Waals surface area contributed by atoms with Gasteiger partial charge in [0.1, 0.15) is 0 Å². The number of amides is 1. The van der Waals surface area contributed by atoms with E-state index in [0.29, 0.717) is 19.8 Å². The molecule has 1 amide bonds. The van der Waals surface area contributed by atoms with Crippen molar-refractivity contribution in [3.63, 3.8) is 0 Å². The molecule has 0 saturated carbocycles. The summed E-state index contributed by atoms with van der Waals surface area (Å²) < 4.78 is 5.05. The molecule has 0 aliphatic carbocycles. The summed E-state index contributed by atoms with van der Waals surface area (Å²) in [5, 5.41) is 13.2. The van der Waals surface area contributed by atoms with E-state index in [1.54, 1.807) is 0 Å². The van der Waals surface area contributed by atoms with E-state index in [1.807, 2.05) is 18.4 Å². The van der Waals surface area contributed by atoms with Crippen LogP contribution >= 0.6 is 11.3 Å². The predicted octanol–water partition coefficient (Wildman–Crippen LogP) is 1.05. The third kappa shape index (κ3) is 3.92. The lowest BCUT2D eigenvalue weighted by atomic mass is 10.2. The molecule has 0 aromatic carbocycles. The molecule has 0 unspecified atom stereocenters. The van der Waals surface area contributed by atoms with Gasteiger partial charge in [0.2, 0.25) is 0 Å². The second kappa shape index (κ2) is 7.38. The Labute approximate surface area is 99.2 Å². The molecule has 90 valence electrons. The van der Waals surface area contributed by atoms with E-state index in [9.17, 15) is 4.79 Å². The highest BCUT2D eigenvalue weighted by molar-refractivity contribution is 7.12. The molecule has 0 atom stereocenters. The van der Waals surface area contributed by atoms with Crippen LogP contribution in [0.4, 0.5) is 0 Å². The topological polar surface area (TPSA) is 58.6 Å². The van der Waals surface area contributed by atoms with E-state index in [4.69, 9.17) is 9.84 Å². The summed E-state index contributed by atoms with van der Waals surface area (Å²) in [6.45, 7) is 3.26. The SMILES string of the molecule is CCc1ccsc1C(=O)NCCOCCO. The van der Waals surface area contributed by atoms with Crippen molar-refractivity contribution in [2.75, 3.05) is 26.4 Å². The summed E-state index contributed by atoms with van der Waals surface area (Å²) in [5.41, 5.74) is 1.08. The van der Waals surface area contributed by atoms with Crippen molar-refractivity contribution in [2.24, 2.45) is 0 Å². The molecule has 16 heavy (non-hydrogen) atoms. The van der Waals surface area contributed by atoms with Gasteiger partial charge in [-0.3, -0.25) is 4.79 Å². The zero-order valence-electron chi connectivity index (χ0n) is 9.36. The third-order valence-corrected chi connectivity index (χ3v) is 3.06. The Kier molecular flexibility index (Phi) is 6.07. The number of aryl methyl sites for hydroxylation is 1. The second-order valence-electron chi connectivity index (χ2n) is 3.22. The molecule has 0 spiro atoms. The lowest BCUT2D eigenvalue weighted by molar-refractivity contribution is 0.0840. The number of carbonyl (C=O) groups is 1. The molecule has 4 nitrogen and oxygen atoms in total. The lowest BCUT2D eigenvalue weighted by Gasteiger charge is -2.05. The smallest absolute Gasteiger partial charge is 0.261 e. The van der Waals surface area contributed by atoms with Gasteiger partial charge >= 0.3 is 0 Å². The van der Waals surface area contributed by atoms with Crippen molar-refractivity contribution in [1.82, 2.24) is 5.32 Å². The van der Waals surface area contributed by atoms with Crippen LogP contribution in [0.2, 0.25) is 0 Å². The van der Waals surface area contributed by atoms with Crippen LogP contribution in [-0.4, -0.2) is 37.4 Å². The number of carbonyl (C=O) groups excluding carboxylic acids is 1. The standard InChI is InChI=1S/C11H17NO3S/c1-2-9-3-8-16-10(9)11(14)12-4-6-15-7-5-13/h3,8,13H,2,4-7H2,1H3,(H,12,14). The molecule has 0 bridgehead atoms. The first kappa shape index (κ1) is 13.2. The molecular weight excluding hydrogens is 226 g/mol. The Morgan fingerprint density at radius 3 is 3.06 bits per heavy atom. The van der Waals surface area contributed by atoms with Crippen LogP contribution in [0.5, 0.6) is 0 Å². The minimum atomic E-state index is -0.0422. The van der Waals surface area contributed by atoms with Crippen LogP contribution in [0.15, 0.2) is 11.4 Å². The Hall–Kier alpha value is -0.910. The Balaban J connectivity index is 2.30. The quantitative estimate of drug-likeness (QED) is 0.704. The van der Waals surface area contributed by atoms with Gasteiger partial charge in [0.05, 0.1) is 24.7 Å². The maximum Gasteiger partial charge on any atom is 0.261 e. The first-order valence-corrected chi connectivity index (χ1v) is 6.20. The molecule has 1 aromatic rings. The minimum Gasteiger partial charge on any atom is -0.394 e. The normalized spacial score (nSPS) is 10.4. The summed E-state index contributed by atoms with van der Waals surface area (Å²) in [6.07, 6.45) is 0.868. The van der Waals surface area contributed by atoms with E-state index in [1.165, 1.54) is 11.3 Å². The monoisotopic (exact) mass is 243 g/mol. The fourth-order valence-corrected chi connectivity index (χ4v) is 2.21. The molecule has 1 aromatic heterocycles. The highest BCUT2D eigenvalue weighted by Gasteiger charge is 2.10. The zero-order chi connectivity index (χ0) is 11.8. The van der Waals surface area contributed by atoms with Gasteiger partial charge in [-0.15, -0.1) is 11.3 Å². The fourth-order valence-electron chi connectivity index (χ4n) is 1.30. The molecule has 0 aliphatic rings. The number of thiophene rings is 1. The highest BCUT2D eigenvalue weighted by atomic mass is 32.1. The van der Waals surface area contributed by atoms with Crippen LogP contribution < -0.4 is 5.32 Å². The van der Waals surface area contributed by atoms with Crippen molar-refractivity contribution in [1.29, 1.82) is 0 Å². The molecular formula is C11H17NO3S. The molecule has 1 rings (SSSR count). The van der Waals surface area contributed by atoms with Gasteiger partial charge in [0.15, 0.2) is 0 Å². The third-order valence-electron chi connectivity index (χ3n) is 2.10. The van der Waals surface area contributed by atoms with E-state index < -0.39 is 0 Å². The van der Waals surface area contributed by atoms with Gasteiger partial charge in [0.25, 0.3) is 5.91 Å². The van der Waals surface area contributed by atoms with Gasteiger partial charge in [-0.2, -0.15) is 0 Å². The van der Waals surface area contributed by atoms with Crippen LogP contribution in [0.25, 0.3) is 0 Å². The van der Waals surface area contributed by atoms with Crippen molar-refractivity contribution < 1.29 is 14.6 Å². The second-order valence-corrected chi connectivity index (χ2v) is 4.14. The Morgan fingerprint density at radius 2 is 2.38 bits per heavy atom. The average molecular weight is 243 g/mol. The molecule has 2 N–H and O–H groups in total. The summed E-state index contributed by atoms with van der Waals surface area (Å²) in [7, 11) is 0. The summed E-state index contributed by atoms with van der Waals surface area (Å²) in [6, 6.07) is 1.97. The first-order chi connectivity index (χ1) is 7.79. The Bertz CT molecular complexity index is 325. The molecule has 0 radical (unpaired) electrons. The number of aliphatic hydroxyl groups is 1. The number of hydrogen-bond acceptors (Lipinski definition) is 4. The largest absolute Gasteiger partial charge is 0.394 e. The first-order valence-electron chi connectivity index (χ1n) is 5.32. The van der Waals surface area contributed by atoms with E-state index in [0.717, 1.165) is 16.9 Å². The molecule has 5 heteroatoms. The van der Waals surface area contributed by atoms with Crippen LogP contribution in [0, 0.1) is 0 Å². The number of nitrogens with one attached hydrogen (secondary N) is 1. The van der Waals surface area contributed by atoms with Gasteiger partial charge in [-0.25, -0.2) is 0 Å². The van der Waals surface area contributed by atoms with Crippen LogP contribution in [0.1, 0.15) is 22.2 Å². The van der Waals surface area contributed by atoms with Crippen molar-refractivity contribution in [3.05, 3.63) is 21.9 Å². The summed E-state index contributed by atoms with van der Waals surface area (Å²) in [4.78, 5) is 12.5. The van der Waals surface area contributed by atoms with Gasteiger partial charge in [-0.05, 0) is 23.4 Å². The highest BCUT2D eigenvalue weighted by Crippen LogP contribution is 2.16. The minimum absolute atomic E-state index is 0.0128. The average Bonchev–Trinajstić information content (AvgIpc) is 2.76. The molecule has 1 heterocycles. The fraction of sp³-hybridized carbons (Fsp3) is 0.545. The molecule has 0 saturated heterocycles. The maximum atomic E-state index is 11.7. The van der Waals surface area contributed by atoms with Crippen LogP contribution in [-0.2, 0) is 11.2 Å². The van der Waals surface area contributed by atoms with Gasteiger partial charge in [-0.1, -0.05) is 6.92 Å². The zero-order valence-corrected chi connectivity index (χ0v) is 10.2. The maximum absolute atomic E-state index is 11.7. The van der Waals surface area contributed by atoms with Crippen molar-refractivity contribution in [2.45, 2.75) is 13.3 Å². The van der Waals surface area contributed by atoms with Gasteiger partial charge in [0, 0.05) is 6.54 Å². The molecule has 0 aliphatic heterocycles. The van der Waals surface area contributed by atoms with E-state index in [2.05, 4.69) is 5.32 Å². The number of ether oxygens (including phenoxy) is 1.